The molecule has 0 radical (unpaired) electrons. The Morgan fingerprint density at radius 3 is 2.47 bits per heavy atom. The standard InChI is InChI=1S/C33H47F2N5O5/c1-21(2)28-36-30(45-37-28)38-13-9-23(10-14-38)22(3)11-16-43-26-8-7-24-18-27(29(41)39-15-12-33(34,35)20-39)40(19-25(24)17-26)31(42)44-32(4,5)6/h7-8,17,21-23,27H,9-16,18-20H2,1-6H3. The van der Waals surface area contributed by atoms with Crippen LogP contribution in [0, 0.1) is 11.8 Å². The lowest BCUT2D eigenvalue weighted by molar-refractivity contribution is -0.138. The SMILES string of the molecule is CC(C)c1noc(N2CCC(C(C)CCOc3ccc4c(c3)CN(C(=O)OC(C)(C)C)C(C(=O)N3CCC(F)(F)C3)C4)CC2)n1. The van der Waals surface area contributed by atoms with Gasteiger partial charge in [0.2, 0.25) is 5.91 Å². The number of anilines is 1. The molecule has 1 aromatic heterocycles. The number of alkyl halides is 2. The number of ether oxygens (including phenoxy) is 2. The minimum atomic E-state index is -2.91. The van der Waals surface area contributed by atoms with E-state index in [0.29, 0.717) is 30.2 Å². The Bertz CT molecular complexity index is 1350. The molecule has 248 valence electrons. The van der Waals surface area contributed by atoms with Crippen molar-refractivity contribution in [3.63, 3.8) is 0 Å². The fourth-order valence-corrected chi connectivity index (χ4v) is 6.37. The third-order valence-electron chi connectivity index (χ3n) is 9.11. The molecule has 12 heteroatoms. The predicted molar refractivity (Wildman–Crippen MR) is 164 cm³/mol. The summed E-state index contributed by atoms with van der Waals surface area (Å²) >= 11 is 0. The van der Waals surface area contributed by atoms with Crippen molar-refractivity contribution in [1.82, 2.24) is 19.9 Å². The number of hydrogen-bond acceptors (Lipinski definition) is 8. The van der Waals surface area contributed by atoms with Crippen LogP contribution in [0.3, 0.4) is 0 Å². The van der Waals surface area contributed by atoms with Crippen molar-refractivity contribution in [1.29, 1.82) is 0 Å². The number of carbonyl (C=O) groups is 2. The Kier molecular flexibility index (Phi) is 9.60. The number of hydrogen-bond donors (Lipinski definition) is 0. The first-order valence-electron chi connectivity index (χ1n) is 16.2. The molecule has 2 atom stereocenters. The monoisotopic (exact) mass is 631 g/mol. The number of amides is 2. The first-order valence-corrected chi connectivity index (χ1v) is 16.2. The molecule has 3 aliphatic heterocycles. The molecule has 0 bridgehead atoms. The molecule has 45 heavy (non-hydrogen) atoms. The molecule has 2 saturated heterocycles. The second kappa shape index (κ2) is 13.1. The van der Waals surface area contributed by atoms with Crippen molar-refractivity contribution < 1.29 is 32.4 Å². The highest BCUT2D eigenvalue weighted by Gasteiger charge is 2.45. The summed E-state index contributed by atoms with van der Waals surface area (Å²) in [5.41, 5.74) is 0.984. The van der Waals surface area contributed by atoms with Gasteiger partial charge in [0.1, 0.15) is 17.4 Å². The molecule has 0 aliphatic carbocycles. The number of piperidine rings is 1. The van der Waals surface area contributed by atoms with Crippen LogP contribution in [0.5, 0.6) is 5.75 Å². The second-order valence-electron chi connectivity index (χ2n) is 14.2. The minimum Gasteiger partial charge on any atom is -0.494 e. The number of fused-ring (bicyclic) bond motifs is 1. The van der Waals surface area contributed by atoms with E-state index in [2.05, 4.69) is 35.8 Å². The van der Waals surface area contributed by atoms with Gasteiger partial charge in [-0.05, 0) is 75.1 Å². The molecule has 0 saturated carbocycles. The molecule has 2 aromatic rings. The minimum absolute atomic E-state index is 0.0283. The third kappa shape index (κ3) is 8.05. The number of carbonyl (C=O) groups excluding carboxylic acids is 2. The number of rotatable bonds is 8. The summed E-state index contributed by atoms with van der Waals surface area (Å²) in [6.45, 7) is 13.5. The molecule has 2 unspecified atom stereocenters. The van der Waals surface area contributed by atoms with E-state index < -0.39 is 36.1 Å². The van der Waals surface area contributed by atoms with E-state index in [1.807, 2.05) is 18.2 Å². The summed E-state index contributed by atoms with van der Waals surface area (Å²) in [5, 5.41) is 4.09. The molecule has 2 fully saturated rings. The normalized spacial score (nSPS) is 21.2. The molecule has 0 N–H and O–H groups in total. The zero-order chi connectivity index (χ0) is 32.5. The summed E-state index contributed by atoms with van der Waals surface area (Å²) < 4.78 is 45.1. The number of aromatic nitrogens is 2. The Morgan fingerprint density at radius 2 is 1.84 bits per heavy atom. The molecular weight excluding hydrogens is 584 g/mol. The van der Waals surface area contributed by atoms with Crippen LogP contribution < -0.4 is 9.64 Å². The molecule has 5 rings (SSSR count). The second-order valence-corrected chi connectivity index (χ2v) is 14.2. The summed E-state index contributed by atoms with van der Waals surface area (Å²) in [6.07, 6.45) is 2.23. The van der Waals surface area contributed by atoms with Crippen molar-refractivity contribution in [3.05, 3.63) is 35.2 Å². The van der Waals surface area contributed by atoms with E-state index in [0.717, 1.165) is 49.3 Å². The summed E-state index contributed by atoms with van der Waals surface area (Å²) in [7, 11) is 0. The summed E-state index contributed by atoms with van der Waals surface area (Å²) in [6, 6.07) is 5.41. The van der Waals surface area contributed by atoms with Gasteiger partial charge in [-0.1, -0.05) is 32.0 Å². The predicted octanol–water partition coefficient (Wildman–Crippen LogP) is 6.04. The summed E-state index contributed by atoms with van der Waals surface area (Å²) in [5.74, 6) is -0.660. The average molecular weight is 632 g/mol. The number of halogens is 2. The smallest absolute Gasteiger partial charge is 0.411 e. The zero-order valence-electron chi connectivity index (χ0n) is 27.4. The Hall–Kier alpha value is -3.44. The third-order valence-corrected chi connectivity index (χ3v) is 9.11. The van der Waals surface area contributed by atoms with E-state index in [4.69, 9.17) is 14.0 Å². The molecular formula is C33H47F2N5O5. The van der Waals surface area contributed by atoms with Crippen LogP contribution in [0.2, 0.25) is 0 Å². The maximum absolute atomic E-state index is 13.9. The lowest BCUT2D eigenvalue weighted by Gasteiger charge is -2.38. The van der Waals surface area contributed by atoms with Gasteiger partial charge in [-0.15, -0.1) is 0 Å². The van der Waals surface area contributed by atoms with Gasteiger partial charge in [-0.25, -0.2) is 13.6 Å². The lowest BCUT2D eigenvalue weighted by atomic mass is 9.84. The van der Waals surface area contributed by atoms with Gasteiger partial charge in [0, 0.05) is 38.4 Å². The fourth-order valence-electron chi connectivity index (χ4n) is 6.37. The Labute approximate surface area is 264 Å². The molecule has 1 aromatic carbocycles. The van der Waals surface area contributed by atoms with Gasteiger partial charge in [-0.2, -0.15) is 4.98 Å². The molecule has 10 nitrogen and oxygen atoms in total. The highest BCUT2D eigenvalue weighted by molar-refractivity contribution is 5.87. The fraction of sp³-hybridized carbons (Fsp3) is 0.697. The maximum Gasteiger partial charge on any atom is 0.411 e. The van der Waals surface area contributed by atoms with Crippen molar-refractivity contribution >= 4 is 18.0 Å². The van der Waals surface area contributed by atoms with Crippen LogP contribution in [0.4, 0.5) is 19.6 Å². The lowest BCUT2D eigenvalue weighted by Crippen LogP contribution is -2.54. The van der Waals surface area contributed by atoms with Crippen LogP contribution in [-0.2, 0) is 22.5 Å². The maximum atomic E-state index is 13.9. The van der Waals surface area contributed by atoms with Gasteiger partial charge in [0.15, 0.2) is 5.82 Å². The molecule has 3 aliphatic rings. The Balaban J connectivity index is 1.17. The van der Waals surface area contributed by atoms with Crippen LogP contribution in [0.25, 0.3) is 0 Å². The van der Waals surface area contributed by atoms with Crippen molar-refractivity contribution in [3.8, 4) is 5.75 Å². The van der Waals surface area contributed by atoms with E-state index in [-0.39, 0.29) is 31.8 Å². The van der Waals surface area contributed by atoms with Gasteiger partial charge in [-0.3, -0.25) is 9.69 Å². The quantitative estimate of drug-likeness (QED) is 0.348. The number of nitrogens with zero attached hydrogens (tertiary/aromatic N) is 5. The van der Waals surface area contributed by atoms with Gasteiger partial charge in [0.25, 0.3) is 5.92 Å². The number of likely N-dealkylation sites (tertiary alicyclic amines) is 1. The van der Waals surface area contributed by atoms with E-state index in [1.165, 1.54) is 9.80 Å². The van der Waals surface area contributed by atoms with Crippen molar-refractivity contribution in [2.75, 3.05) is 37.7 Å². The molecule has 0 spiro atoms. The summed E-state index contributed by atoms with van der Waals surface area (Å²) in [4.78, 5) is 35.9. The Morgan fingerprint density at radius 1 is 1.11 bits per heavy atom. The van der Waals surface area contributed by atoms with E-state index in [1.54, 1.807) is 20.8 Å². The first kappa shape index (κ1) is 32.9. The molecule has 2 amide bonds. The van der Waals surface area contributed by atoms with E-state index in [9.17, 15) is 18.4 Å². The zero-order valence-corrected chi connectivity index (χ0v) is 27.4. The van der Waals surface area contributed by atoms with Gasteiger partial charge in [0.05, 0.1) is 19.7 Å². The van der Waals surface area contributed by atoms with Crippen molar-refractivity contribution in [2.24, 2.45) is 11.8 Å². The van der Waals surface area contributed by atoms with Crippen LogP contribution in [-0.4, -0.2) is 82.3 Å². The van der Waals surface area contributed by atoms with Crippen LogP contribution in [0.15, 0.2) is 22.7 Å². The van der Waals surface area contributed by atoms with Crippen LogP contribution in [0.1, 0.15) is 90.1 Å². The average Bonchev–Trinajstić information content (AvgIpc) is 3.62. The highest BCUT2D eigenvalue weighted by atomic mass is 19.3. The first-order chi connectivity index (χ1) is 21.2. The van der Waals surface area contributed by atoms with Crippen LogP contribution >= 0.6 is 0 Å². The molecule has 4 heterocycles. The van der Waals surface area contributed by atoms with Gasteiger partial charge < -0.3 is 23.8 Å². The topological polar surface area (TPSA) is 101 Å². The van der Waals surface area contributed by atoms with Crippen molar-refractivity contribution in [2.45, 2.75) is 104 Å². The largest absolute Gasteiger partial charge is 0.494 e. The number of benzene rings is 1. The highest BCUT2D eigenvalue weighted by Crippen LogP contribution is 2.33. The van der Waals surface area contributed by atoms with E-state index >= 15 is 0 Å². The van der Waals surface area contributed by atoms with Gasteiger partial charge >= 0.3 is 12.1 Å².